The Kier molecular flexibility index (Phi) is 3.64. The molecular formula is C12H13F3N2O2. The highest BCUT2D eigenvalue weighted by Crippen LogP contribution is 2.38. The molecule has 104 valence electrons. The van der Waals surface area contributed by atoms with E-state index in [1.54, 1.807) is 0 Å². The molecule has 0 aliphatic heterocycles. The Labute approximate surface area is 107 Å². The molecule has 0 spiro atoms. The lowest BCUT2D eigenvalue weighted by Crippen LogP contribution is -2.16. The van der Waals surface area contributed by atoms with Gasteiger partial charge in [-0.2, -0.15) is 13.2 Å². The van der Waals surface area contributed by atoms with Crippen molar-refractivity contribution in [1.82, 2.24) is 0 Å². The Morgan fingerprint density at radius 3 is 2.42 bits per heavy atom. The Morgan fingerprint density at radius 2 is 1.89 bits per heavy atom. The summed E-state index contributed by atoms with van der Waals surface area (Å²) >= 11 is 0. The maximum absolute atomic E-state index is 12.8. The monoisotopic (exact) mass is 274 g/mol. The minimum atomic E-state index is -4.73. The molecule has 19 heavy (non-hydrogen) atoms. The van der Waals surface area contributed by atoms with Gasteiger partial charge in [0.2, 0.25) is 0 Å². The minimum absolute atomic E-state index is 0.155. The Balaban J connectivity index is 2.29. The zero-order chi connectivity index (χ0) is 14.0. The van der Waals surface area contributed by atoms with Gasteiger partial charge in [0.25, 0.3) is 5.69 Å². The molecule has 2 rings (SSSR count). The van der Waals surface area contributed by atoms with E-state index in [0.29, 0.717) is 0 Å². The maximum atomic E-state index is 12.8. The summed E-state index contributed by atoms with van der Waals surface area (Å²) in [4.78, 5) is 9.60. The molecule has 0 heterocycles. The molecule has 0 saturated heterocycles. The smallest absolute Gasteiger partial charge is 0.382 e. The lowest BCUT2D eigenvalue weighted by molar-refractivity contribution is -0.388. The van der Waals surface area contributed by atoms with Crippen LogP contribution < -0.4 is 5.32 Å². The quantitative estimate of drug-likeness (QED) is 0.670. The van der Waals surface area contributed by atoms with Gasteiger partial charge in [-0.25, -0.2) is 0 Å². The first kappa shape index (κ1) is 13.6. The van der Waals surface area contributed by atoms with E-state index in [-0.39, 0.29) is 11.7 Å². The average molecular weight is 274 g/mol. The van der Waals surface area contributed by atoms with Gasteiger partial charge in [0, 0.05) is 17.8 Å². The number of nitrogens with one attached hydrogen (secondary N) is 1. The fourth-order valence-electron chi connectivity index (χ4n) is 2.32. The second-order valence-electron chi connectivity index (χ2n) is 4.61. The van der Waals surface area contributed by atoms with Crippen molar-refractivity contribution >= 4 is 11.4 Å². The van der Waals surface area contributed by atoms with Crippen LogP contribution in [0.15, 0.2) is 18.2 Å². The predicted octanol–water partition coefficient (Wildman–Crippen LogP) is 3.97. The van der Waals surface area contributed by atoms with E-state index in [0.717, 1.165) is 37.8 Å². The van der Waals surface area contributed by atoms with Crippen molar-refractivity contribution in [3.8, 4) is 0 Å². The summed E-state index contributed by atoms with van der Waals surface area (Å²) in [5.41, 5.74) is -1.84. The summed E-state index contributed by atoms with van der Waals surface area (Å²) in [5.74, 6) is 0. The Bertz CT molecular complexity index is 482. The Morgan fingerprint density at radius 1 is 1.26 bits per heavy atom. The fourth-order valence-corrected chi connectivity index (χ4v) is 2.32. The molecule has 4 nitrogen and oxygen atoms in total. The van der Waals surface area contributed by atoms with E-state index >= 15 is 0 Å². The van der Waals surface area contributed by atoms with Crippen molar-refractivity contribution in [3.63, 3.8) is 0 Å². The number of nitrogens with zero attached hydrogens (tertiary/aromatic N) is 1. The van der Waals surface area contributed by atoms with Crippen LogP contribution in [0.1, 0.15) is 31.2 Å². The fraction of sp³-hybridized carbons (Fsp3) is 0.500. The summed E-state index contributed by atoms with van der Waals surface area (Å²) in [6.45, 7) is 0. The van der Waals surface area contributed by atoms with Crippen molar-refractivity contribution < 1.29 is 18.1 Å². The van der Waals surface area contributed by atoms with Crippen molar-refractivity contribution in [2.75, 3.05) is 5.32 Å². The maximum Gasteiger partial charge on any atom is 0.423 e. The number of nitro groups is 1. The van der Waals surface area contributed by atoms with Crippen LogP contribution in [0.2, 0.25) is 0 Å². The number of hydrogen-bond donors (Lipinski definition) is 1. The van der Waals surface area contributed by atoms with E-state index < -0.39 is 22.4 Å². The Hall–Kier alpha value is -1.79. The van der Waals surface area contributed by atoms with Crippen molar-refractivity contribution in [2.24, 2.45) is 0 Å². The highest BCUT2D eigenvalue weighted by atomic mass is 19.4. The zero-order valence-corrected chi connectivity index (χ0v) is 10.0. The van der Waals surface area contributed by atoms with Gasteiger partial charge in [0.05, 0.1) is 4.92 Å². The van der Waals surface area contributed by atoms with Gasteiger partial charge < -0.3 is 5.32 Å². The van der Waals surface area contributed by atoms with Crippen LogP contribution in [0.4, 0.5) is 24.5 Å². The number of rotatable bonds is 3. The van der Waals surface area contributed by atoms with Crippen LogP contribution in [0.5, 0.6) is 0 Å². The highest BCUT2D eigenvalue weighted by molar-refractivity contribution is 5.55. The second kappa shape index (κ2) is 5.07. The van der Waals surface area contributed by atoms with Crippen LogP contribution >= 0.6 is 0 Å². The SMILES string of the molecule is O=[N+]([O-])c1ccc(NC2CCCC2)cc1C(F)(F)F. The van der Waals surface area contributed by atoms with Gasteiger partial charge in [-0.05, 0) is 25.0 Å². The molecular weight excluding hydrogens is 261 g/mol. The van der Waals surface area contributed by atoms with Crippen LogP contribution in [0, 0.1) is 10.1 Å². The molecule has 0 bridgehead atoms. The molecule has 1 aliphatic rings. The molecule has 0 aromatic heterocycles. The number of hydrogen-bond acceptors (Lipinski definition) is 3. The van der Waals surface area contributed by atoms with Crippen LogP contribution in [0.25, 0.3) is 0 Å². The third-order valence-electron chi connectivity index (χ3n) is 3.22. The summed E-state index contributed by atoms with van der Waals surface area (Å²) in [6, 6.07) is 3.20. The minimum Gasteiger partial charge on any atom is -0.382 e. The molecule has 1 saturated carbocycles. The standard InChI is InChI=1S/C12H13F3N2O2/c13-12(14,15)10-7-9(5-6-11(10)17(18)19)16-8-3-1-2-4-8/h5-8,16H,1-4H2. The summed E-state index contributed by atoms with van der Waals surface area (Å²) < 4.78 is 38.3. The number of anilines is 1. The lowest BCUT2D eigenvalue weighted by atomic mass is 10.1. The van der Waals surface area contributed by atoms with Crippen molar-refractivity contribution in [3.05, 3.63) is 33.9 Å². The topological polar surface area (TPSA) is 55.2 Å². The molecule has 0 radical (unpaired) electrons. The summed E-state index contributed by atoms with van der Waals surface area (Å²) in [6.07, 6.45) is -0.792. The van der Waals surface area contributed by atoms with Gasteiger partial charge in [0.15, 0.2) is 0 Å². The molecule has 1 aromatic carbocycles. The van der Waals surface area contributed by atoms with Crippen molar-refractivity contribution in [1.29, 1.82) is 0 Å². The van der Waals surface area contributed by atoms with Gasteiger partial charge in [-0.1, -0.05) is 12.8 Å². The van der Waals surface area contributed by atoms with E-state index in [9.17, 15) is 23.3 Å². The van der Waals surface area contributed by atoms with Gasteiger partial charge in [0.1, 0.15) is 5.56 Å². The first-order valence-corrected chi connectivity index (χ1v) is 6.00. The third kappa shape index (κ3) is 3.15. The largest absolute Gasteiger partial charge is 0.423 e. The van der Waals surface area contributed by atoms with E-state index in [4.69, 9.17) is 0 Å². The third-order valence-corrected chi connectivity index (χ3v) is 3.22. The number of halogens is 3. The van der Waals surface area contributed by atoms with Crippen molar-refractivity contribution in [2.45, 2.75) is 37.9 Å². The molecule has 7 heteroatoms. The summed E-state index contributed by atoms with van der Waals surface area (Å²) in [7, 11) is 0. The molecule has 1 aromatic rings. The van der Waals surface area contributed by atoms with Crippen LogP contribution in [-0.4, -0.2) is 11.0 Å². The van der Waals surface area contributed by atoms with E-state index in [1.807, 2.05) is 0 Å². The zero-order valence-electron chi connectivity index (χ0n) is 10.0. The number of benzene rings is 1. The molecule has 0 unspecified atom stereocenters. The first-order valence-electron chi connectivity index (χ1n) is 6.00. The molecule has 1 N–H and O–H groups in total. The summed E-state index contributed by atoms with van der Waals surface area (Å²) in [5, 5.41) is 13.6. The lowest BCUT2D eigenvalue weighted by Gasteiger charge is -2.15. The average Bonchev–Trinajstić information content (AvgIpc) is 2.80. The molecule has 1 aliphatic carbocycles. The number of nitro benzene ring substituents is 1. The predicted molar refractivity (Wildman–Crippen MR) is 64.0 cm³/mol. The molecule has 0 amide bonds. The molecule has 0 atom stereocenters. The van der Waals surface area contributed by atoms with E-state index in [1.165, 1.54) is 6.07 Å². The van der Waals surface area contributed by atoms with Crippen LogP contribution in [-0.2, 0) is 6.18 Å². The van der Waals surface area contributed by atoms with Gasteiger partial charge >= 0.3 is 6.18 Å². The molecule has 1 fully saturated rings. The van der Waals surface area contributed by atoms with Crippen LogP contribution in [0.3, 0.4) is 0 Å². The highest BCUT2D eigenvalue weighted by Gasteiger charge is 2.38. The normalized spacial score (nSPS) is 16.6. The van der Waals surface area contributed by atoms with E-state index in [2.05, 4.69) is 5.32 Å². The van der Waals surface area contributed by atoms with Gasteiger partial charge in [-0.15, -0.1) is 0 Å². The second-order valence-corrected chi connectivity index (χ2v) is 4.61. The number of alkyl halides is 3. The van der Waals surface area contributed by atoms with Gasteiger partial charge in [-0.3, -0.25) is 10.1 Å². The first-order chi connectivity index (χ1) is 8.88.